The van der Waals surface area contributed by atoms with Crippen LogP contribution in [0.4, 0.5) is 8.78 Å². The molecular formula is C21H18ClF2N5O2. The molecule has 0 saturated carbocycles. The Morgan fingerprint density at radius 3 is 2.81 bits per heavy atom. The fourth-order valence-electron chi connectivity index (χ4n) is 2.93. The van der Waals surface area contributed by atoms with E-state index in [2.05, 4.69) is 25.5 Å². The normalized spacial score (nSPS) is 12.3. The van der Waals surface area contributed by atoms with Gasteiger partial charge in [0.2, 0.25) is 0 Å². The van der Waals surface area contributed by atoms with Crippen LogP contribution in [0.2, 0.25) is 5.02 Å². The summed E-state index contributed by atoms with van der Waals surface area (Å²) < 4.78 is 32.2. The summed E-state index contributed by atoms with van der Waals surface area (Å²) in [6.45, 7) is 2.50. The van der Waals surface area contributed by atoms with Gasteiger partial charge in [0.25, 0.3) is 0 Å². The lowest BCUT2D eigenvalue weighted by Gasteiger charge is -2.11. The van der Waals surface area contributed by atoms with Crippen LogP contribution in [0.5, 0.6) is 11.8 Å². The standard InChI is InChI=1S/C21H18ClF2N5O2/c1-11(10-30)25-8-12-2-4-14(16(22)6-12)19-15-9-26-21(27-20(15)29-28-19)31-18-5-3-13(23)7-17(18)24/h2-7,9,11,25,30H,8,10H2,1H3,(H,26,27,28,29). The van der Waals surface area contributed by atoms with Gasteiger partial charge in [0.15, 0.2) is 17.2 Å². The van der Waals surface area contributed by atoms with E-state index in [0.29, 0.717) is 39.9 Å². The Balaban J connectivity index is 1.58. The summed E-state index contributed by atoms with van der Waals surface area (Å²) in [5.41, 5.74) is 2.61. The maximum Gasteiger partial charge on any atom is 0.324 e. The lowest BCUT2D eigenvalue weighted by molar-refractivity contribution is 0.251. The molecule has 0 aliphatic heterocycles. The lowest BCUT2D eigenvalue weighted by atomic mass is 10.1. The monoisotopic (exact) mass is 445 g/mol. The summed E-state index contributed by atoms with van der Waals surface area (Å²) in [7, 11) is 0. The van der Waals surface area contributed by atoms with E-state index in [9.17, 15) is 8.78 Å². The molecule has 2 aromatic carbocycles. The molecular weight excluding hydrogens is 428 g/mol. The Bertz CT molecular complexity index is 1230. The van der Waals surface area contributed by atoms with Gasteiger partial charge in [-0.25, -0.2) is 13.8 Å². The summed E-state index contributed by atoms with van der Waals surface area (Å²) in [5.74, 6) is -1.76. The van der Waals surface area contributed by atoms with Crippen molar-refractivity contribution in [2.24, 2.45) is 0 Å². The molecule has 2 aromatic heterocycles. The average Bonchev–Trinajstić information content (AvgIpc) is 3.17. The molecule has 0 fully saturated rings. The van der Waals surface area contributed by atoms with Crippen molar-refractivity contribution in [3.8, 4) is 23.0 Å². The molecule has 0 bridgehead atoms. The van der Waals surface area contributed by atoms with E-state index in [1.807, 2.05) is 25.1 Å². The van der Waals surface area contributed by atoms with Crippen molar-refractivity contribution in [1.82, 2.24) is 25.5 Å². The number of H-pyrrole nitrogens is 1. The van der Waals surface area contributed by atoms with Gasteiger partial charge in [0.05, 0.1) is 22.7 Å². The highest BCUT2D eigenvalue weighted by atomic mass is 35.5. The Kier molecular flexibility index (Phi) is 6.08. The zero-order valence-electron chi connectivity index (χ0n) is 16.4. The molecule has 4 aromatic rings. The minimum Gasteiger partial charge on any atom is -0.421 e. The van der Waals surface area contributed by atoms with Crippen LogP contribution >= 0.6 is 11.6 Å². The van der Waals surface area contributed by atoms with Crippen molar-refractivity contribution in [1.29, 1.82) is 0 Å². The van der Waals surface area contributed by atoms with Gasteiger partial charge in [-0.15, -0.1) is 0 Å². The number of hydrogen-bond donors (Lipinski definition) is 3. The molecule has 0 amide bonds. The third-order valence-corrected chi connectivity index (χ3v) is 4.93. The summed E-state index contributed by atoms with van der Waals surface area (Å²) in [5, 5.41) is 20.5. The number of ether oxygens (including phenoxy) is 1. The summed E-state index contributed by atoms with van der Waals surface area (Å²) >= 11 is 6.48. The van der Waals surface area contributed by atoms with Crippen LogP contribution in [0.1, 0.15) is 12.5 Å². The number of aliphatic hydroxyl groups is 1. The lowest BCUT2D eigenvalue weighted by Crippen LogP contribution is -2.28. The maximum absolute atomic E-state index is 13.8. The van der Waals surface area contributed by atoms with E-state index in [1.165, 1.54) is 6.20 Å². The number of hydrogen-bond acceptors (Lipinski definition) is 6. The fraction of sp³-hybridized carbons (Fsp3) is 0.190. The number of halogens is 3. The molecule has 0 spiro atoms. The van der Waals surface area contributed by atoms with Gasteiger partial charge in [0, 0.05) is 30.4 Å². The van der Waals surface area contributed by atoms with Crippen LogP contribution < -0.4 is 10.1 Å². The predicted molar refractivity (Wildman–Crippen MR) is 112 cm³/mol. The molecule has 0 radical (unpaired) electrons. The second-order valence-corrected chi connectivity index (χ2v) is 7.35. The fourth-order valence-corrected chi connectivity index (χ4v) is 3.22. The number of fused-ring (bicyclic) bond motifs is 1. The average molecular weight is 446 g/mol. The molecule has 1 atom stereocenters. The molecule has 31 heavy (non-hydrogen) atoms. The second kappa shape index (κ2) is 8.93. The van der Waals surface area contributed by atoms with Crippen LogP contribution in [0.15, 0.2) is 42.6 Å². The zero-order valence-corrected chi connectivity index (χ0v) is 17.1. The van der Waals surface area contributed by atoms with E-state index < -0.39 is 11.6 Å². The van der Waals surface area contributed by atoms with Crippen LogP contribution in [0, 0.1) is 11.6 Å². The number of aliphatic hydroxyl groups excluding tert-OH is 1. The molecule has 0 aliphatic rings. The van der Waals surface area contributed by atoms with E-state index >= 15 is 0 Å². The predicted octanol–water partition coefficient (Wildman–Crippen LogP) is 4.21. The van der Waals surface area contributed by atoms with Gasteiger partial charge in [-0.2, -0.15) is 10.1 Å². The Labute approximate surface area is 181 Å². The largest absolute Gasteiger partial charge is 0.421 e. The number of aromatic nitrogens is 4. The third kappa shape index (κ3) is 4.63. The Morgan fingerprint density at radius 1 is 1.23 bits per heavy atom. The molecule has 7 nitrogen and oxygen atoms in total. The first-order valence-electron chi connectivity index (χ1n) is 9.41. The first-order valence-corrected chi connectivity index (χ1v) is 9.79. The Morgan fingerprint density at radius 2 is 2.06 bits per heavy atom. The minimum absolute atomic E-state index is 0.0213. The first kappa shape index (κ1) is 21.1. The van der Waals surface area contributed by atoms with E-state index in [0.717, 1.165) is 17.7 Å². The van der Waals surface area contributed by atoms with Crippen LogP contribution in [-0.4, -0.2) is 37.9 Å². The molecule has 3 N–H and O–H groups in total. The van der Waals surface area contributed by atoms with Crippen LogP contribution in [0.25, 0.3) is 22.3 Å². The van der Waals surface area contributed by atoms with Crippen LogP contribution in [0.3, 0.4) is 0 Å². The van der Waals surface area contributed by atoms with Crippen LogP contribution in [-0.2, 0) is 6.54 Å². The maximum atomic E-state index is 13.8. The molecule has 0 saturated heterocycles. The number of benzene rings is 2. The van der Waals surface area contributed by atoms with Gasteiger partial charge in [-0.1, -0.05) is 23.7 Å². The van der Waals surface area contributed by atoms with E-state index in [4.69, 9.17) is 21.4 Å². The summed E-state index contributed by atoms with van der Waals surface area (Å²) in [6.07, 6.45) is 1.49. The van der Waals surface area contributed by atoms with E-state index in [1.54, 1.807) is 0 Å². The van der Waals surface area contributed by atoms with Gasteiger partial charge < -0.3 is 15.2 Å². The van der Waals surface area contributed by atoms with Crippen molar-refractivity contribution in [3.05, 3.63) is 64.8 Å². The van der Waals surface area contributed by atoms with Crippen molar-refractivity contribution >= 4 is 22.6 Å². The first-order chi connectivity index (χ1) is 14.9. The smallest absolute Gasteiger partial charge is 0.324 e. The van der Waals surface area contributed by atoms with Gasteiger partial charge in [0.1, 0.15) is 5.82 Å². The van der Waals surface area contributed by atoms with Gasteiger partial charge in [-0.05, 0) is 30.7 Å². The van der Waals surface area contributed by atoms with Crippen molar-refractivity contribution in [3.63, 3.8) is 0 Å². The van der Waals surface area contributed by atoms with Gasteiger partial charge >= 0.3 is 6.01 Å². The summed E-state index contributed by atoms with van der Waals surface area (Å²) in [4.78, 5) is 8.27. The molecule has 4 rings (SSSR count). The van der Waals surface area contributed by atoms with Crippen molar-refractivity contribution in [2.75, 3.05) is 6.61 Å². The zero-order chi connectivity index (χ0) is 22.0. The molecule has 10 heteroatoms. The highest BCUT2D eigenvalue weighted by molar-refractivity contribution is 6.33. The molecule has 1 unspecified atom stereocenters. The molecule has 2 heterocycles. The minimum atomic E-state index is -0.860. The van der Waals surface area contributed by atoms with E-state index in [-0.39, 0.29) is 24.4 Å². The third-order valence-electron chi connectivity index (χ3n) is 4.62. The highest BCUT2D eigenvalue weighted by Crippen LogP contribution is 2.32. The quantitative estimate of drug-likeness (QED) is 0.394. The number of nitrogens with one attached hydrogen (secondary N) is 2. The molecule has 160 valence electrons. The van der Waals surface area contributed by atoms with Crippen molar-refractivity contribution in [2.45, 2.75) is 19.5 Å². The van der Waals surface area contributed by atoms with Crippen molar-refractivity contribution < 1.29 is 18.6 Å². The number of aromatic amines is 1. The molecule has 0 aliphatic carbocycles. The van der Waals surface area contributed by atoms with Gasteiger partial charge in [-0.3, -0.25) is 5.10 Å². The number of rotatable bonds is 7. The highest BCUT2D eigenvalue weighted by Gasteiger charge is 2.15. The SMILES string of the molecule is CC(CO)NCc1ccc(-c2[nH]nc3nc(Oc4ccc(F)cc4F)ncc23)c(Cl)c1. The topological polar surface area (TPSA) is 96.0 Å². The second-order valence-electron chi connectivity index (χ2n) is 6.94. The summed E-state index contributed by atoms with van der Waals surface area (Å²) in [6, 6.07) is 8.41. The number of nitrogens with zero attached hydrogens (tertiary/aromatic N) is 3. The Hall–Kier alpha value is -3.14.